The van der Waals surface area contributed by atoms with Crippen molar-refractivity contribution in [3.63, 3.8) is 0 Å². The SMILES string of the molecule is O=C(c1c(F)cccc1Cl)N1CCC[C@@H](CCc2ccc(F)cc2)C1. The highest BCUT2D eigenvalue weighted by Crippen LogP contribution is 2.26. The zero-order valence-corrected chi connectivity index (χ0v) is 14.6. The van der Waals surface area contributed by atoms with Crippen LogP contribution in [0.4, 0.5) is 8.78 Å². The first kappa shape index (κ1) is 17.9. The Hall–Kier alpha value is -1.94. The van der Waals surface area contributed by atoms with Crippen LogP contribution in [-0.4, -0.2) is 23.9 Å². The quantitative estimate of drug-likeness (QED) is 0.739. The summed E-state index contributed by atoms with van der Waals surface area (Å²) in [6, 6.07) is 10.8. The Morgan fingerprint density at radius 1 is 1.16 bits per heavy atom. The van der Waals surface area contributed by atoms with Crippen LogP contribution in [0.25, 0.3) is 0 Å². The largest absolute Gasteiger partial charge is 0.338 e. The summed E-state index contributed by atoms with van der Waals surface area (Å²) in [5.74, 6) is -0.797. The molecule has 2 aromatic carbocycles. The number of hydrogen-bond donors (Lipinski definition) is 0. The molecule has 1 atom stereocenters. The van der Waals surface area contributed by atoms with E-state index in [0.717, 1.165) is 31.2 Å². The fourth-order valence-corrected chi connectivity index (χ4v) is 3.61. The van der Waals surface area contributed by atoms with E-state index in [1.54, 1.807) is 17.0 Å². The van der Waals surface area contributed by atoms with Gasteiger partial charge in [0.15, 0.2) is 0 Å². The summed E-state index contributed by atoms with van der Waals surface area (Å²) in [5, 5.41) is 0.151. The molecule has 2 aromatic rings. The number of carbonyl (C=O) groups is 1. The number of hydrogen-bond acceptors (Lipinski definition) is 1. The van der Waals surface area contributed by atoms with Gasteiger partial charge in [0.1, 0.15) is 11.6 Å². The van der Waals surface area contributed by atoms with Gasteiger partial charge >= 0.3 is 0 Å². The fourth-order valence-electron chi connectivity index (χ4n) is 3.37. The van der Waals surface area contributed by atoms with Gasteiger partial charge in [0, 0.05) is 13.1 Å². The first-order valence-electron chi connectivity index (χ1n) is 8.52. The minimum absolute atomic E-state index is 0.0386. The van der Waals surface area contributed by atoms with E-state index < -0.39 is 5.82 Å². The number of piperidine rings is 1. The van der Waals surface area contributed by atoms with Crippen molar-refractivity contribution in [2.24, 2.45) is 5.92 Å². The van der Waals surface area contributed by atoms with E-state index in [1.165, 1.54) is 30.3 Å². The summed E-state index contributed by atoms with van der Waals surface area (Å²) >= 11 is 6.02. The summed E-state index contributed by atoms with van der Waals surface area (Å²) in [4.78, 5) is 14.4. The molecule has 1 aliphatic heterocycles. The Kier molecular flexibility index (Phi) is 5.69. The summed E-state index contributed by atoms with van der Waals surface area (Å²) < 4.78 is 27.0. The van der Waals surface area contributed by atoms with Crippen molar-refractivity contribution in [3.8, 4) is 0 Å². The van der Waals surface area contributed by atoms with Crippen LogP contribution in [0.3, 0.4) is 0 Å². The van der Waals surface area contributed by atoms with Gasteiger partial charge in [-0.25, -0.2) is 8.78 Å². The van der Waals surface area contributed by atoms with Gasteiger partial charge in [-0.2, -0.15) is 0 Å². The number of halogens is 3. The standard InChI is InChI=1S/C20H20ClF2NO/c21-17-4-1-5-18(23)19(17)20(25)24-12-2-3-15(13-24)7-6-14-8-10-16(22)11-9-14/h1,4-5,8-11,15H,2-3,6-7,12-13H2/t15-/m0/s1. The summed E-state index contributed by atoms with van der Waals surface area (Å²) in [7, 11) is 0. The van der Waals surface area contributed by atoms with Crippen LogP contribution < -0.4 is 0 Å². The van der Waals surface area contributed by atoms with Crippen LogP contribution in [0.5, 0.6) is 0 Å². The van der Waals surface area contributed by atoms with Gasteiger partial charge in [-0.15, -0.1) is 0 Å². The Morgan fingerprint density at radius 2 is 1.92 bits per heavy atom. The van der Waals surface area contributed by atoms with Gasteiger partial charge in [-0.05, 0) is 61.4 Å². The number of aryl methyl sites for hydroxylation is 1. The monoisotopic (exact) mass is 363 g/mol. The molecule has 25 heavy (non-hydrogen) atoms. The zero-order valence-electron chi connectivity index (χ0n) is 13.9. The lowest BCUT2D eigenvalue weighted by molar-refractivity contribution is 0.0664. The summed E-state index contributed by atoms with van der Waals surface area (Å²) in [6.45, 7) is 1.22. The average molecular weight is 364 g/mol. The van der Waals surface area contributed by atoms with Gasteiger partial charge in [0.25, 0.3) is 5.91 Å². The molecule has 0 unspecified atom stereocenters. The van der Waals surface area contributed by atoms with Crippen molar-refractivity contribution < 1.29 is 13.6 Å². The number of amides is 1. The molecule has 1 heterocycles. The number of nitrogens with zero attached hydrogens (tertiary/aromatic N) is 1. The van der Waals surface area contributed by atoms with Crippen molar-refractivity contribution in [1.29, 1.82) is 0 Å². The van der Waals surface area contributed by atoms with E-state index in [-0.39, 0.29) is 22.3 Å². The van der Waals surface area contributed by atoms with E-state index in [2.05, 4.69) is 0 Å². The van der Waals surface area contributed by atoms with Crippen LogP contribution >= 0.6 is 11.6 Å². The molecule has 1 aliphatic rings. The number of benzene rings is 2. The molecule has 0 N–H and O–H groups in total. The van der Waals surface area contributed by atoms with Crippen LogP contribution in [0.1, 0.15) is 35.2 Å². The summed E-state index contributed by atoms with van der Waals surface area (Å²) in [5.41, 5.74) is 1.05. The highest BCUT2D eigenvalue weighted by molar-refractivity contribution is 6.33. The molecule has 1 saturated heterocycles. The van der Waals surface area contributed by atoms with E-state index >= 15 is 0 Å². The molecule has 5 heteroatoms. The first-order chi connectivity index (χ1) is 12.0. The molecule has 1 amide bonds. The van der Waals surface area contributed by atoms with Gasteiger partial charge in [0.05, 0.1) is 10.6 Å². The van der Waals surface area contributed by atoms with Gasteiger partial charge in [0.2, 0.25) is 0 Å². The normalized spacial score (nSPS) is 17.6. The lowest BCUT2D eigenvalue weighted by Crippen LogP contribution is -2.40. The van der Waals surface area contributed by atoms with Crippen LogP contribution in [0, 0.1) is 17.6 Å². The lowest BCUT2D eigenvalue weighted by atomic mass is 9.91. The van der Waals surface area contributed by atoms with Gasteiger partial charge < -0.3 is 4.90 Å². The minimum atomic E-state index is -0.578. The molecule has 3 rings (SSSR count). The maximum atomic E-state index is 14.0. The number of likely N-dealkylation sites (tertiary alicyclic amines) is 1. The van der Waals surface area contributed by atoms with E-state index in [9.17, 15) is 13.6 Å². The Labute approximate surface area is 151 Å². The molecule has 0 radical (unpaired) electrons. The average Bonchev–Trinajstić information content (AvgIpc) is 2.61. The third kappa shape index (κ3) is 4.37. The van der Waals surface area contributed by atoms with Gasteiger partial charge in [-0.3, -0.25) is 4.79 Å². The zero-order chi connectivity index (χ0) is 17.8. The van der Waals surface area contributed by atoms with Crippen LogP contribution in [0.15, 0.2) is 42.5 Å². The predicted molar refractivity (Wildman–Crippen MR) is 94.8 cm³/mol. The number of carbonyl (C=O) groups excluding carboxylic acids is 1. The second-order valence-corrected chi connectivity index (χ2v) is 6.93. The predicted octanol–water partition coefficient (Wildman–Crippen LogP) is 5.10. The lowest BCUT2D eigenvalue weighted by Gasteiger charge is -2.33. The van der Waals surface area contributed by atoms with Crippen molar-refractivity contribution in [2.45, 2.75) is 25.7 Å². The van der Waals surface area contributed by atoms with E-state index in [4.69, 9.17) is 11.6 Å². The molecule has 0 aliphatic carbocycles. The van der Waals surface area contributed by atoms with Crippen molar-refractivity contribution >= 4 is 17.5 Å². The fraction of sp³-hybridized carbons (Fsp3) is 0.350. The number of rotatable bonds is 4. The minimum Gasteiger partial charge on any atom is -0.338 e. The molecular weight excluding hydrogens is 344 g/mol. The molecule has 0 bridgehead atoms. The maximum Gasteiger partial charge on any atom is 0.258 e. The van der Waals surface area contributed by atoms with Crippen molar-refractivity contribution in [1.82, 2.24) is 4.90 Å². The highest BCUT2D eigenvalue weighted by atomic mass is 35.5. The Morgan fingerprint density at radius 3 is 2.64 bits per heavy atom. The smallest absolute Gasteiger partial charge is 0.258 e. The molecular formula is C20H20ClF2NO. The van der Waals surface area contributed by atoms with Crippen molar-refractivity contribution in [3.05, 3.63) is 70.2 Å². The highest BCUT2D eigenvalue weighted by Gasteiger charge is 2.27. The molecule has 132 valence electrons. The molecule has 1 fully saturated rings. The van der Waals surface area contributed by atoms with E-state index in [1.807, 2.05) is 0 Å². The second kappa shape index (κ2) is 7.96. The topological polar surface area (TPSA) is 20.3 Å². The molecule has 0 saturated carbocycles. The second-order valence-electron chi connectivity index (χ2n) is 6.52. The Bertz CT molecular complexity index is 728. The maximum absolute atomic E-state index is 14.0. The van der Waals surface area contributed by atoms with Gasteiger partial charge in [-0.1, -0.05) is 29.8 Å². The van der Waals surface area contributed by atoms with E-state index in [0.29, 0.717) is 19.0 Å². The molecule has 2 nitrogen and oxygen atoms in total. The molecule has 0 aromatic heterocycles. The van der Waals surface area contributed by atoms with Crippen LogP contribution in [0.2, 0.25) is 5.02 Å². The Balaban J connectivity index is 1.62. The third-order valence-electron chi connectivity index (χ3n) is 4.74. The van der Waals surface area contributed by atoms with Crippen LogP contribution in [-0.2, 0) is 6.42 Å². The molecule has 0 spiro atoms. The summed E-state index contributed by atoms with van der Waals surface area (Å²) in [6.07, 6.45) is 3.69. The van der Waals surface area contributed by atoms with Crippen molar-refractivity contribution in [2.75, 3.05) is 13.1 Å². The first-order valence-corrected chi connectivity index (χ1v) is 8.90. The third-order valence-corrected chi connectivity index (χ3v) is 5.05.